The molecular weight excluding hydrogens is 397 g/mol. The minimum Gasteiger partial charge on any atom is -0.315 e. The van der Waals surface area contributed by atoms with E-state index in [1.807, 2.05) is 0 Å². The Morgan fingerprint density at radius 3 is 2.20 bits per heavy atom. The summed E-state index contributed by atoms with van der Waals surface area (Å²) in [7, 11) is -3.85. The minimum atomic E-state index is -4.75. The summed E-state index contributed by atoms with van der Waals surface area (Å²) in [6.45, 7) is 2.79. The third kappa shape index (κ3) is 5.65. The van der Waals surface area contributed by atoms with E-state index in [0.29, 0.717) is 16.3 Å². The van der Waals surface area contributed by atoms with Gasteiger partial charge in [-0.25, -0.2) is 0 Å². The predicted molar refractivity (Wildman–Crippen MR) is 94.7 cm³/mol. The SMILES string of the molecule is Cc1ccc(Cl)cc1N[P@](C)(=O)O[C@H](c1ccc(Cl)cc1)C(F)(F)F. The summed E-state index contributed by atoms with van der Waals surface area (Å²) in [6.07, 6.45) is -7.10. The van der Waals surface area contributed by atoms with Gasteiger partial charge in [0.25, 0.3) is 7.52 Å². The normalized spacial score (nSPS) is 15.5. The van der Waals surface area contributed by atoms with Gasteiger partial charge in [-0.3, -0.25) is 9.09 Å². The molecular formula is C16H15Cl2F3NO2P. The molecule has 1 N–H and O–H groups in total. The van der Waals surface area contributed by atoms with Crippen molar-refractivity contribution in [3.63, 3.8) is 0 Å². The van der Waals surface area contributed by atoms with Gasteiger partial charge in [0.05, 0.1) is 0 Å². The summed E-state index contributed by atoms with van der Waals surface area (Å²) >= 11 is 11.6. The highest BCUT2D eigenvalue weighted by atomic mass is 35.5. The molecule has 0 fully saturated rings. The number of hydrogen-bond donors (Lipinski definition) is 1. The molecule has 0 saturated carbocycles. The summed E-state index contributed by atoms with van der Waals surface area (Å²) in [5, 5.41) is 3.18. The average Bonchev–Trinajstić information content (AvgIpc) is 2.48. The molecule has 0 radical (unpaired) electrons. The molecule has 0 heterocycles. The smallest absolute Gasteiger partial charge is 0.315 e. The third-order valence-corrected chi connectivity index (χ3v) is 5.05. The quantitative estimate of drug-likeness (QED) is 0.546. The van der Waals surface area contributed by atoms with E-state index in [4.69, 9.17) is 27.7 Å². The van der Waals surface area contributed by atoms with E-state index in [1.165, 1.54) is 30.3 Å². The van der Waals surface area contributed by atoms with E-state index < -0.39 is 19.8 Å². The summed E-state index contributed by atoms with van der Waals surface area (Å²) in [6, 6.07) is 9.75. The van der Waals surface area contributed by atoms with Gasteiger partial charge in [-0.15, -0.1) is 0 Å². The number of halogens is 5. The van der Waals surface area contributed by atoms with Gasteiger partial charge in [0.1, 0.15) is 0 Å². The topological polar surface area (TPSA) is 38.3 Å². The van der Waals surface area contributed by atoms with E-state index in [9.17, 15) is 17.7 Å². The number of aryl methyl sites for hydroxylation is 1. The lowest BCUT2D eigenvalue weighted by Crippen LogP contribution is -2.23. The van der Waals surface area contributed by atoms with E-state index in [-0.39, 0.29) is 10.6 Å². The monoisotopic (exact) mass is 411 g/mol. The lowest BCUT2D eigenvalue weighted by molar-refractivity contribution is -0.197. The van der Waals surface area contributed by atoms with Gasteiger partial charge in [0.2, 0.25) is 0 Å². The molecule has 2 aromatic rings. The van der Waals surface area contributed by atoms with Crippen LogP contribution < -0.4 is 5.09 Å². The van der Waals surface area contributed by atoms with E-state index in [1.54, 1.807) is 19.1 Å². The summed E-state index contributed by atoms with van der Waals surface area (Å²) < 4.78 is 57.8. The fraction of sp³-hybridized carbons (Fsp3) is 0.250. The fourth-order valence-corrected chi connectivity index (χ4v) is 3.78. The Bertz CT molecular complexity index is 797. The van der Waals surface area contributed by atoms with Crippen molar-refractivity contribution in [3.8, 4) is 0 Å². The number of nitrogens with one attached hydrogen (secondary N) is 1. The number of hydrogen-bond acceptors (Lipinski definition) is 2. The molecule has 0 bridgehead atoms. The molecule has 25 heavy (non-hydrogen) atoms. The van der Waals surface area contributed by atoms with Crippen molar-refractivity contribution in [2.75, 3.05) is 11.8 Å². The Morgan fingerprint density at radius 1 is 1.08 bits per heavy atom. The Hall–Kier alpha value is -1.20. The number of anilines is 1. The largest absolute Gasteiger partial charge is 0.419 e. The van der Waals surface area contributed by atoms with Gasteiger partial charge >= 0.3 is 6.18 Å². The molecule has 0 spiro atoms. The van der Waals surface area contributed by atoms with Crippen molar-refractivity contribution in [1.29, 1.82) is 0 Å². The highest BCUT2D eigenvalue weighted by molar-refractivity contribution is 7.59. The van der Waals surface area contributed by atoms with Crippen LogP contribution in [0.25, 0.3) is 0 Å². The van der Waals surface area contributed by atoms with E-state index in [2.05, 4.69) is 5.09 Å². The molecule has 136 valence electrons. The molecule has 0 unspecified atom stereocenters. The van der Waals surface area contributed by atoms with Crippen molar-refractivity contribution in [1.82, 2.24) is 0 Å². The highest BCUT2D eigenvalue weighted by Gasteiger charge is 2.45. The zero-order valence-electron chi connectivity index (χ0n) is 13.3. The van der Waals surface area contributed by atoms with Crippen molar-refractivity contribution in [2.45, 2.75) is 19.2 Å². The van der Waals surface area contributed by atoms with Crippen LogP contribution in [0.5, 0.6) is 0 Å². The van der Waals surface area contributed by atoms with E-state index >= 15 is 0 Å². The second-order valence-corrected chi connectivity index (χ2v) is 8.49. The molecule has 0 aliphatic heterocycles. The number of alkyl halides is 3. The van der Waals surface area contributed by atoms with Crippen molar-refractivity contribution in [2.24, 2.45) is 0 Å². The van der Waals surface area contributed by atoms with Crippen LogP contribution in [0.3, 0.4) is 0 Å². The Labute approximate surface area is 153 Å². The second kappa shape index (κ2) is 7.58. The zero-order chi connectivity index (χ0) is 18.8. The van der Waals surface area contributed by atoms with Crippen LogP contribution in [0.15, 0.2) is 42.5 Å². The lowest BCUT2D eigenvalue weighted by atomic mass is 10.1. The minimum absolute atomic E-state index is 0.191. The highest BCUT2D eigenvalue weighted by Crippen LogP contribution is 2.52. The molecule has 2 atom stereocenters. The molecule has 0 amide bonds. The first kappa shape index (κ1) is 20.1. The van der Waals surface area contributed by atoms with Gasteiger partial charge in [-0.05, 0) is 42.3 Å². The van der Waals surface area contributed by atoms with Crippen LogP contribution in [0.2, 0.25) is 10.0 Å². The molecule has 9 heteroatoms. The standard InChI is InChI=1S/C16H15Cl2F3NO2P/c1-10-3-6-13(18)9-14(10)22-25(2,23)24-15(16(19,20)21)11-4-7-12(17)8-5-11/h3-9,15H,1-2H3,(H,22,23)/t15-,25-/m1/s1. The van der Waals surface area contributed by atoms with Crippen LogP contribution in [0, 0.1) is 6.92 Å². The van der Waals surface area contributed by atoms with Gasteiger partial charge in [0.15, 0.2) is 6.10 Å². The molecule has 0 aliphatic carbocycles. The van der Waals surface area contributed by atoms with Gasteiger partial charge in [0, 0.05) is 22.4 Å². The fourth-order valence-electron chi connectivity index (χ4n) is 2.11. The van der Waals surface area contributed by atoms with Crippen LogP contribution in [0.1, 0.15) is 17.2 Å². The van der Waals surface area contributed by atoms with E-state index in [0.717, 1.165) is 6.66 Å². The van der Waals surface area contributed by atoms with Crippen molar-refractivity contribution < 1.29 is 22.3 Å². The Balaban J connectivity index is 2.29. The average molecular weight is 412 g/mol. The second-order valence-electron chi connectivity index (χ2n) is 5.50. The maximum Gasteiger partial charge on any atom is 0.419 e. The summed E-state index contributed by atoms with van der Waals surface area (Å²) in [5.74, 6) is 0. The first-order chi connectivity index (χ1) is 11.5. The molecule has 2 rings (SSSR count). The molecule has 0 aromatic heterocycles. The summed E-state index contributed by atoms with van der Waals surface area (Å²) in [4.78, 5) is 0. The van der Waals surface area contributed by atoms with Crippen LogP contribution >= 0.6 is 30.7 Å². The maximum atomic E-state index is 13.4. The molecule has 0 saturated heterocycles. The van der Waals surface area contributed by atoms with Crippen LogP contribution in [0.4, 0.5) is 18.9 Å². The molecule has 2 aromatic carbocycles. The van der Waals surface area contributed by atoms with Gasteiger partial charge in [-0.1, -0.05) is 41.4 Å². The Morgan fingerprint density at radius 2 is 1.64 bits per heavy atom. The Kier molecular flexibility index (Phi) is 6.10. The van der Waals surface area contributed by atoms with Crippen LogP contribution in [-0.4, -0.2) is 12.8 Å². The maximum absolute atomic E-state index is 13.4. The number of rotatable bonds is 5. The van der Waals surface area contributed by atoms with Crippen molar-refractivity contribution in [3.05, 3.63) is 63.6 Å². The van der Waals surface area contributed by atoms with Gasteiger partial charge in [-0.2, -0.15) is 13.2 Å². The lowest BCUT2D eigenvalue weighted by Gasteiger charge is -2.26. The van der Waals surface area contributed by atoms with Crippen LogP contribution in [-0.2, 0) is 9.09 Å². The predicted octanol–water partition coefficient (Wildman–Crippen LogP) is 6.86. The van der Waals surface area contributed by atoms with Crippen molar-refractivity contribution >= 4 is 36.4 Å². The third-order valence-electron chi connectivity index (χ3n) is 3.30. The first-order valence-electron chi connectivity index (χ1n) is 7.10. The zero-order valence-corrected chi connectivity index (χ0v) is 15.7. The van der Waals surface area contributed by atoms with Gasteiger partial charge < -0.3 is 5.09 Å². The number of benzene rings is 2. The summed E-state index contributed by atoms with van der Waals surface area (Å²) in [5.41, 5.74) is 0.823. The molecule has 3 nitrogen and oxygen atoms in total. The first-order valence-corrected chi connectivity index (χ1v) is 9.93. The molecule has 0 aliphatic rings.